The van der Waals surface area contributed by atoms with Crippen LogP contribution in [0.4, 0.5) is 0 Å². The van der Waals surface area contributed by atoms with E-state index in [2.05, 4.69) is 85.3 Å². The Morgan fingerprint density at radius 2 is 0.959 bits per heavy atom. The number of benzene rings is 1. The molecular weight excluding hydrogens is 1670 g/mol. The lowest BCUT2D eigenvalue weighted by molar-refractivity contribution is -0.142. The Labute approximate surface area is 713 Å². The Bertz CT molecular complexity index is 3850. The number of aliphatic hydroxyl groups excluding tert-OH is 6. The Morgan fingerprint density at radius 3 is 1.46 bits per heavy atom. The number of Topliss-reactive ketones (excluding diaryl/α,β-unsaturated/α-hetero) is 3. The molecule has 1 heterocycles. The molecule has 1 aromatic carbocycles. The molecule has 0 aliphatic carbocycles. The number of carbonyl (C=O) groups excluding carboxylic acids is 18. The van der Waals surface area contributed by atoms with Crippen molar-refractivity contribution in [2.24, 2.45) is 23.5 Å². The van der Waals surface area contributed by atoms with Gasteiger partial charge in [-0.3, -0.25) is 107 Å². The maximum atomic E-state index is 14.8. The van der Waals surface area contributed by atoms with Gasteiger partial charge in [0.25, 0.3) is 0 Å². The molecule has 688 valence electrons. The molecule has 2 rings (SSSR count). The highest BCUT2D eigenvalue weighted by Gasteiger charge is 2.44. The number of ketones is 3. The van der Waals surface area contributed by atoms with E-state index in [4.69, 9.17) is 5.73 Å². The SMILES string of the molecule is CC[C@H](C)[C@H](NC(=O)[C@H](CC(=O)O)NC(=O)[C@H](CCC(=O)O)NNCC=O)C(=O)N[C@H](C(=O)NCC(=O)N[C@@H](C)C(=O)N[C@@H](CO)C(=O)N[C@@H](CO)C(=O)N[C@@H](CC(=O)O)C(=O)C1N[C@@H](CO)C(=O)N[C@@H]([C@@H](C)O)C(=O)C(N[C@@H](Cc2ccccc2)C(=O)N[C@H](C(=O)N[C@@H](CO)C(=O)N[C@@H](CCC(N)=O)C(=O)N[C@@H](CO)C(C)=O)C(C)C)SS1)[C@@H](C)CC. The predicted octanol–water partition coefficient (Wildman–Crippen LogP) is -11.3. The molecule has 28 N–H and O–H groups in total. The summed E-state index contributed by atoms with van der Waals surface area (Å²) in [5.74, 6) is -26.0. The quantitative estimate of drug-likeness (QED) is 0.0125. The van der Waals surface area contributed by atoms with Crippen LogP contribution in [0, 0.1) is 17.8 Å². The van der Waals surface area contributed by atoms with Crippen LogP contribution in [0.25, 0.3) is 0 Å². The molecule has 0 aromatic heterocycles. The molecule has 1 aliphatic rings. The van der Waals surface area contributed by atoms with Crippen molar-refractivity contribution in [3.05, 3.63) is 35.9 Å². The fraction of sp³-hybridized carbons (Fsp3) is 0.630. The van der Waals surface area contributed by atoms with Crippen LogP contribution in [0.1, 0.15) is 119 Å². The number of nitrogens with one attached hydrogen (secondary N) is 17. The van der Waals surface area contributed by atoms with Gasteiger partial charge in [-0.1, -0.05) is 106 Å². The van der Waals surface area contributed by atoms with Crippen molar-refractivity contribution in [3.63, 3.8) is 0 Å². The second kappa shape index (κ2) is 55.3. The third-order valence-corrected chi connectivity index (χ3v) is 21.6. The van der Waals surface area contributed by atoms with Crippen LogP contribution in [0.15, 0.2) is 30.3 Å². The van der Waals surface area contributed by atoms with Gasteiger partial charge < -0.3 is 126 Å². The van der Waals surface area contributed by atoms with Crippen molar-refractivity contribution in [3.8, 4) is 0 Å². The molecule has 14 amide bonds. The average molecular weight is 1790 g/mol. The van der Waals surface area contributed by atoms with Gasteiger partial charge in [-0.2, -0.15) is 0 Å². The molecular formula is C73H114N18O30S2. The minimum Gasteiger partial charge on any atom is -0.481 e. The highest BCUT2D eigenvalue weighted by molar-refractivity contribution is 8.77. The summed E-state index contributed by atoms with van der Waals surface area (Å²) in [6.45, 7) is 5.56. The van der Waals surface area contributed by atoms with Gasteiger partial charge in [-0.25, -0.2) is 10.9 Å². The minimum atomic E-state index is -2.22. The Morgan fingerprint density at radius 1 is 0.512 bits per heavy atom. The molecule has 48 nitrogen and oxygen atoms in total. The molecule has 1 saturated heterocycles. The van der Waals surface area contributed by atoms with Gasteiger partial charge in [-0.05, 0) is 63.4 Å². The number of rotatable bonds is 56. The number of primary amides is 1. The monoisotopic (exact) mass is 1790 g/mol. The van der Waals surface area contributed by atoms with E-state index in [9.17, 15) is 147 Å². The van der Waals surface area contributed by atoms with Crippen molar-refractivity contribution in [1.29, 1.82) is 0 Å². The zero-order valence-electron chi connectivity index (χ0n) is 68.9. The first-order chi connectivity index (χ1) is 57.9. The summed E-state index contributed by atoms with van der Waals surface area (Å²) in [5.41, 5.74) is 10.5. The zero-order chi connectivity index (χ0) is 93.2. The van der Waals surface area contributed by atoms with Gasteiger partial charge in [0, 0.05) is 12.8 Å². The lowest BCUT2D eigenvalue weighted by Crippen LogP contribution is -2.63. The fourth-order valence-corrected chi connectivity index (χ4v) is 14.0. The number of aldehydes is 1. The van der Waals surface area contributed by atoms with Crippen LogP contribution in [-0.2, 0) is 107 Å². The van der Waals surface area contributed by atoms with Gasteiger partial charge in [0.15, 0.2) is 17.3 Å². The first-order valence-electron chi connectivity index (χ1n) is 38.8. The third kappa shape index (κ3) is 37.4. The van der Waals surface area contributed by atoms with E-state index in [1.165, 1.54) is 20.8 Å². The summed E-state index contributed by atoms with van der Waals surface area (Å²) >= 11 is 0. The topological polar surface area (TPSA) is 771 Å². The summed E-state index contributed by atoms with van der Waals surface area (Å²) in [4.78, 5) is 279. The van der Waals surface area contributed by atoms with Crippen molar-refractivity contribution >= 4 is 146 Å². The number of carboxylic acids is 3. The molecule has 20 atom stereocenters. The number of hydrogen-bond acceptors (Lipinski definition) is 33. The van der Waals surface area contributed by atoms with Gasteiger partial charge in [0.1, 0.15) is 102 Å². The molecule has 1 aliphatic heterocycles. The number of hydrazine groups is 1. The summed E-state index contributed by atoms with van der Waals surface area (Å²) in [6.07, 6.45) is -5.47. The van der Waals surface area contributed by atoms with Gasteiger partial charge in [0.2, 0.25) is 82.7 Å². The van der Waals surface area contributed by atoms with Crippen molar-refractivity contribution in [1.82, 2.24) is 90.6 Å². The van der Waals surface area contributed by atoms with E-state index in [1.54, 1.807) is 51.1 Å². The van der Waals surface area contributed by atoms with Gasteiger partial charge in [0.05, 0.1) is 71.1 Å². The van der Waals surface area contributed by atoms with E-state index < -0.39 is 315 Å². The Kier molecular flexibility index (Phi) is 48.7. The first-order valence-corrected chi connectivity index (χ1v) is 41.1. The van der Waals surface area contributed by atoms with Crippen molar-refractivity contribution in [2.45, 2.75) is 228 Å². The van der Waals surface area contributed by atoms with Crippen LogP contribution in [0.2, 0.25) is 0 Å². The Hall–Kier alpha value is -10.8. The molecule has 0 spiro atoms. The first kappa shape index (κ1) is 108. The van der Waals surface area contributed by atoms with E-state index in [-0.39, 0.29) is 32.2 Å². The van der Waals surface area contributed by atoms with Crippen LogP contribution >= 0.6 is 21.6 Å². The summed E-state index contributed by atoms with van der Waals surface area (Å²) < 4.78 is 0. The van der Waals surface area contributed by atoms with E-state index in [1.807, 2.05) is 5.32 Å². The normalized spacial score (nSPS) is 18.6. The zero-order valence-corrected chi connectivity index (χ0v) is 70.5. The van der Waals surface area contributed by atoms with Gasteiger partial charge >= 0.3 is 17.9 Å². The van der Waals surface area contributed by atoms with Crippen LogP contribution in [0.3, 0.4) is 0 Å². The second-order valence-corrected chi connectivity index (χ2v) is 31.4. The number of aliphatic hydroxyl groups is 6. The molecule has 1 fully saturated rings. The number of hydrogen-bond donors (Lipinski definition) is 27. The molecule has 1 aromatic rings. The fourth-order valence-electron chi connectivity index (χ4n) is 11.3. The summed E-state index contributed by atoms with van der Waals surface area (Å²) in [7, 11) is 0.788. The molecule has 50 heteroatoms. The number of carboxylic acid groups (broad SMARTS) is 3. The molecule has 123 heavy (non-hydrogen) atoms. The summed E-state index contributed by atoms with van der Waals surface area (Å²) in [5, 5.41) is 122. The van der Waals surface area contributed by atoms with E-state index in [0.717, 1.165) is 20.8 Å². The van der Waals surface area contributed by atoms with Crippen LogP contribution < -0.4 is 96.3 Å². The lowest BCUT2D eigenvalue weighted by atomic mass is 9.94. The van der Waals surface area contributed by atoms with Crippen molar-refractivity contribution < 1.29 is 147 Å². The summed E-state index contributed by atoms with van der Waals surface area (Å²) in [6, 6.07) is -18.3. The third-order valence-electron chi connectivity index (χ3n) is 18.9. The van der Waals surface area contributed by atoms with Gasteiger partial charge in [-0.15, -0.1) is 0 Å². The minimum absolute atomic E-state index is 0.200. The van der Waals surface area contributed by atoms with E-state index >= 15 is 0 Å². The standard InChI is InChI=1S/C73H114N18O30S2/c1-10-33(5)55(89-71(121)56(34(6)11-2)88-64(114)43(25-53(106)107)80-62(112)40(18-20-51(102)103)91-76-21-22-92)69(119)75-26-50(101)77-35(7)60(110)82-45(28-94)67(117)83-46(29-95)66(116)79-41(24-52(104)105)58(108)72-86-48(31-97)68(118)90-57(37(9)99)59(109)73(123-122-72)85-42(23-38-15-13-12-14-16-38)63(113)87-54(32(3)4)70(120)84-47(30-96)65(115)78-39(17-19-49(74)100)61(111)81-44(27-93)36(8)98/h12-16,22,32-35,37,39-48,54-57,72-73,76,85-86,91,93-97,99H,10-11,17-21,23-31H2,1-9H3,(H2,74,100)(H,75,119)(H,77,101)(H,78,115)(H,79,116)(H,80,112)(H,81,111)(H,82,110)(H,83,117)(H,84,120)(H,87,113)(H,88,114)(H,89,121)(H,90,118)(H,102,103)(H,104,105)(H,106,107)/t33-,34-,35-,37+,39-,40-,41-,42-,43-,44-,45-,46-,47-,48-,54-,55-,56-,57-,72?,73?/m0/s1. The highest BCUT2D eigenvalue weighted by Crippen LogP contribution is 2.33. The van der Waals surface area contributed by atoms with Crippen LogP contribution in [0.5, 0.6) is 0 Å². The number of amides is 14. The number of nitrogens with two attached hydrogens (primary N) is 1. The van der Waals surface area contributed by atoms with E-state index in [0.29, 0.717) is 33.4 Å². The van der Waals surface area contributed by atoms with Crippen LogP contribution in [-0.4, -0.2) is 324 Å². The Balaban J connectivity index is 2.43. The highest BCUT2D eigenvalue weighted by atomic mass is 33.1. The van der Waals surface area contributed by atoms with Crippen molar-refractivity contribution in [2.75, 3.05) is 46.1 Å². The molecule has 0 bridgehead atoms. The number of aliphatic carboxylic acids is 3. The molecule has 0 saturated carbocycles. The predicted molar refractivity (Wildman–Crippen MR) is 431 cm³/mol. The molecule has 0 radical (unpaired) electrons. The number of carbonyl (C=O) groups is 21. The lowest BCUT2D eigenvalue weighted by Gasteiger charge is -2.33. The second-order valence-electron chi connectivity index (χ2n) is 28.9. The maximum Gasteiger partial charge on any atom is 0.305 e. The molecule has 2 unspecified atom stereocenters. The maximum absolute atomic E-state index is 14.8. The largest absolute Gasteiger partial charge is 0.481 e. The smallest absolute Gasteiger partial charge is 0.305 e. The average Bonchev–Trinajstić information content (AvgIpc) is 0.816.